The van der Waals surface area contributed by atoms with Gasteiger partial charge in [-0.3, -0.25) is 4.90 Å². The molecule has 1 aliphatic heterocycles. The molecule has 0 aromatic heterocycles. The maximum absolute atomic E-state index is 13.2. The summed E-state index contributed by atoms with van der Waals surface area (Å²) >= 11 is 3.46. The second-order valence-corrected chi connectivity index (χ2v) is 6.37. The molecule has 0 saturated carbocycles. The van der Waals surface area contributed by atoms with Crippen molar-refractivity contribution in [2.24, 2.45) is 5.41 Å². The van der Waals surface area contributed by atoms with Crippen LogP contribution in [0.5, 0.6) is 0 Å². The van der Waals surface area contributed by atoms with Gasteiger partial charge >= 0.3 is 0 Å². The zero-order valence-corrected chi connectivity index (χ0v) is 12.2. The molecule has 0 amide bonds. The summed E-state index contributed by atoms with van der Waals surface area (Å²) in [6, 6.07) is 4.79. The van der Waals surface area contributed by atoms with Crippen LogP contribution in [0, 0.1) is 11.2 Å². The fourth-order valence-electron chi connectivity index (χ4n) is 2.60. The van der Waals surface area contributed by atoms with Crippen LogP contribution >= 0.6 is 15.9 Å². The lowest BCUT2D eigenvalue weighted by molar-refractivity contribution is 0.0428. The summed E-state index contributed by atoms with van der Waals surface area (Å²) in [5, 5.41) is 9.44. The SMILES string of the molecule is CC1(CO)CCCN(Cc2cc(F)ccc2Br)C1. The molecule has 1 unspecified atom stereocenters. The van der Waals surface area contributed by atoms with Gasteiger partial charge in [0, 0.05) is 29.6 Å². The molecule has 2 nitrogen and oxygen atoms in total. The largest absolute Gasteiger partial charge is 0.396 e. The standard InChI is InChI=1S/C14H19BrFNO/c1-14(10-18)5-2-6-17(9-14)8-11-7-12(16)3-4-13(11)15/h3-4,7,18H,2,5-6,8-10H2,1H3. The fraction of sp³-hybridized carbons (Fsp3) is 0.571. The van der Waals surface area contributed by atoms with Crippen molar-refractivity contribution in [2.45, 2.75) is 26.3 Å². The molecule has 0 spiro atoms. The number of piperidine rings is 1. The molecule has 1 aromatic carbocycles. The minimum Gasteiger partial charge on any atom is -0.396 e. The van der Waals surface area contributed by atoms with Crippen LogP contribution in [0.1, 0.15) is 25.3 Å². The molecule has 100 valence electrons. The van der Waals surface area contributed by atoms with E-state index in [-0.39, 0.29) is 17.8 Å². The smallest absolute Gasteiger partial charge is 0.123 e. The highest BCUT2D eigenvalue weighted by Gasteiger charge is 2.30. The van der Waals surface area contributed by atoms with E-state index < -0.39 is 0 Å². The highest BCUT2D eigenvalue weighted by molar-refractivity contribution is 9.10. The van der Waals surface area contributed by atoms with Gasteiger partial charge in [-0.05, 0) is 43.1 Å². The monoisotopic (exact) mass is 315 g/mol. The Labute approximate surface area is 116 Å². The van der Waals surface area contributed by atoms with Gasteiger partial charge in [-0.25, -0.2) is 4.39 Å². The van der Waals surface area contributed by atoms with Crippen LogP contribution in [-0.4, -0.2) is 29.7 Å². The van der Waals surface area contributed by atoms with Crippen LogP contribution in [0.2, 0.25) is 0 Å². The average Bonchev–Trinajstić information content (AvgIpc) is 2.34. The summed E-state index contributed by atoms with van der Waals surface area (Å²) < 4.78 is 14.2. The summed E-state index contributed by atoms with van der Waals surface area (Å²) in [5.41, 5.74) is 0.954. The van der Waals surface area contributed by atoms with Crippen molar-refractivity contribution in [3.05, 3.63) is 34.1 Å². The van der Waals surface area contributed by atoms with Gasteiger partial charge in [-0.15, -0.1) is 0 Å². The number of rotatable bonds is 3. The van der Waals surface area contributed by atoms with Gasteiger partial charge < -0.3 is 5.11 Å². The number of aliphatic hydroxyl groups excluding tert-OH is 1. The second kappa shape index (κ2) is 5.68. The van der Waals surface area contributed by atoms with E-state index in [0.717, 1.165) is 42.5 Å². The Hall–Kier alpha value is -0.450. The van der Waals surface area contributed by atoms with Crippen LogP contribution in [0.4, 0.5) is 4.39 Å². The first-order chi connectivity index (χ1) is 8.52. The molecule has 0 radical (unpaired) electrons. The van der Waals surface area contributed by atoms with Gasteiger partial charge in [0.15, 0.2) is 0 Å². The third kappa shape index (κ3) is 3.31. The second-order valence-electron chi connectivity index (χ2n) is 5.52. The van der Waals surface area contributed by atoms with Crippen molar-refractivity contribution in [3.63, 3.8) is 0 Å². The van der Waals surface area contributed by atoms with Gasteiger partial charge in [0.25, 0.3) is 0 Å². The van der Waals surface area contributed by atoms with Crippen molar-refractivity contribution >= 4 is 15.9 Å². The molecule has 0 aliphatic carbocycles. The summed E-state index contributed by atoms with van der Waals surface area (Å²) in [7, 11) is 0. The van der Waals surface area contributed by atoms with Crippen LogP contribution in [0.15, 0.2) is 22.7 Å². The van der Waals surface area contributed by atoms with E-state index >= 15 is 0 Å². The normalized spacial score (nSPS) is 25.3. The van der Waals surface area contributed by atoms with E-state index in [2.05, 4.69) is 27.8 Å². The number of aliphatic hydroxyl groups is 1. The number of likely N-dealkylation sites (tertiary alicyclic amines) is 1. The lowest BCUT2D eigenvalue weighted by atomic mass is 9.82. The van der Waals surface area contributed by atoms with E-state index in [4.69, 9.17) is 0 Å². The topological polar surface area (TPSA) is 23.5 Å². The minimum atomic E-state index is -0.199. The van der Waals surface area contributed by atoms with E-state index in [9.17, 15) is 9.50 Å². The molecule has 18 heavy (non-hydrogen) atoms. The number of nitrogens with zero attached hydrogens (tertiary/aromatic N) is 1. The molecule has 4 heteroatoms. The zero-order valence-electron chi connectivity index (χ0n) is 10.6. The first-order valence-corrected chi connectivity index (χ1v) is 7.09. The summed E-state index contributed by atoms with van der Waals surface area (Å²) in [6.45, 7) is 4.94. The molecule has 1 saturated heterocycles. The van der Waals surface area contributed by atoms with Gasteiger partial charge in [0.1, 0.15) is 5.82 Å². The zero-order chi connectivity index (χ0) is 13.2. The maximum Gasteiger partial charge on any atom is 0.123 e. The highest BCUT2D eigenvalue weighted by atomic mass is 79.9. The average molecular weight is 316 g/mol. The predicted octanol–water partition coefficient (Wildman–Crippen LogP) is 3.18. The molecule has 1 atom stereocenters. The van der Waals surface area contributed by atoms with Gasteiger partial charge in [-0.2, -0.15) is 0 Å². The number of hydrogen-bond donors (Lipinski definition) is 1. The molecule has 1 N–H and O–H groups in total. The van der Waals surface area contributed by atoms with Crippen LogP contribution in [-0.2, 0) is 6.54 Å². The molecular weight excluding hydrogens is 297 g/mol. The first kappa shape index (κ1) is 14.0. The van der Waals surface area contributed by atoms with Crippen molar-refractivity contribution < 1.29 is 9.50 Å². The van der Waals surface area contributed by atoms with Crippen LogP contribution in [0.3, 0.4) is 0 Å². The first-order valence-electron chi connectivity index (χ1n) is 6.30. The van der Waals surface area contributed by atoms with Gasteiger partial charge in [0.2, 0.25) is 0 Å². The highest BCUT2D eigenvalue weighted by Crippen LogP contribution is 2.30. The van der Waals surface area contributed by atoms with E-state index in [1.165, 1.54) is 6.07 Å². The lowest BCUT2D eigenvalue weighted by Crippen LogP contribution is -2.43. The molecule has 1 heterocycles. The van der Waals surface area contributed by atoms with Crippen molar-refractivity contribution in [3.8, 4) is 0 Å². The fourth-order valence-corrected chi connectivity index (χ4v) is 2.97. The van der Waals surface area contributed by atoms with Crippen molar-refractivity contribution in [1.82, 2.24) is 4.90 Å². The Morgan fingerprint density at radius 1 is 1.50 bits per heavy atom. The van der Waals surface area contributed by atoms with E-state index in [0.29, 0.717) is 0 Å². The maximum atomic E-state index is 13.2. The Balaban J connectivity index is 2.07. The van der Waals surface area contributed by atoms with Gasteiger partial charge in [-0.1, -0.05) is 22.9 Å². The van der Waals surface area contributed by atoms with Crippen LogP contribution < -0.4 is 0 Å². The number of hydrogen-bond acceptors (Lipinski definition) is 2. The molecule has 1 aliphatic rings. The third-order valence-electron chi connectivity index (χ3n) is 3.64. The Morgan fingerprint density at radius 3 is 3.00 bits per heavy atom. The minimum absolute atomic E-state index is 0.0158. The van der Waals surface area contributed by atoms with E-state index in [1.54, 1.807) is 12.1 Å². The Kier molecular flexibility index (Phi) is 4.41. The number of benzene rings is 1. The summed E-state index contributed by atoms with van der Waals surface area (Å²) in [6.07, 6.45) is 2.15. The van der Waals surface area contributed by atoms with E-state index in [1.807, 2.05) is 0 Å². The molecular formula is C14H19BrFNO. The summed E-state index contributed by atoms with van der Waals surface area (Å²) in [5.74, 6) is -0.199. The predicted molar refractivity (Wildman–Crippen MR) is 73.8 cm³/mol. The molecule has 2 rings (SSSR count). The quantitative estimate of drug-likeness (QED) is 0.926. The third-order valence-corrected chi connectivity index (χ3v) is 4.42. The van der Waals surface area contributed by atoms with Crippen molar-refractivity contribution in [2.75, 3.05) is 19.7 Å². The van der Waals surface area contributed by atoms with Crippen molar-refractivity contribution in [1.29, 1.82) is 0 Å². The number of halogens is 2. The van der Waals surface area contributed by atoms with Crippen LogP contribution in [0.25, 0.3) is 0 Å². The summed E-state index contributed by atoms with van der Waals surface area (Å²) in [4.78, 5) is 2.29. The molecule has 0 bridgehead atoms. The lowest BCUT2D eigenvalue weighted by Gasteiger charge is -2.39. The molecule has 1 aromatic rings. The Morgan fingerprint density at radius 2 is 2.28 bits per heavy atom. The Bertz CT molecular complexity index is 426. The van der Waals surface area contributed by atoms with Gasteiger partial charge in [0.05, 0.1) is 0 Å². The molecule has 1 fully saturated rings.